The van der Waals surface area contributed by atoms with Gasteiger partial charge in [-0.2, -0.15) is 4.98 Å². The number of carbonyl (C=O) groups excluding carboxylic acids is 1. The van der Waals surface area contributed by atoms with Crippen LogP contribution in [0.4, 0.5) is 5.95 Å². The zero-order valence-electron chi connectivity index (χ0n) is 18.1. The summed E-state index contributed by atoms with van der Waals surface area (Å²) in [5.41, 5.74) is 1.32. The van der Waals surface area contributed by atoms with Gasteiger partial charge in [0, 0.05) is 12.0 Å². The smallest absolute Gasteiger partial charge is 0.280 e. The Morgan fingerprint density at radius 1 is 1.18 bits per heavy atom. The molecule has 3 atom stereocenters. The maximum absolute atomic E-state index is 12.5. The fourth-order valence-electron chi connectivity index (χ4n) is 3.87. The number of ether oxygens (including phenoxy) is 2. The minimum Gasteiger partial charge on any atom is -0.390 e. The molecule has 2 aromatic heterocycles. The van der Waals surface area contributed by atoms with E-state index in [0.29, 0.717) is 12.2 Å². The van der Waals surface area contributed by atoms with Crippen LogP contribution in [0.5, 0.6) is 0 Å². The molecule has 4 aromatic rings. The fraction of sp³-hybridized carbons (Fsp3) is 0.250. The molecule has 0 bridgehead atoms. The van der Waals surface area contributed by atoms with Gasteiger partial charge in [-0.1, -0.05) is 48.5 Å². The van der Waals surface area contributed by atoms with Crippen LogP contribution in [-0.2, 0) is 16.1 Å². The van der Waals surface area contributed by atoms with Crippen molar-refractivity contribution in [2.75, 3.05) is 11.9 Å². The van der Waals surface area contributed by atoms with Crippen molar-refractivity contribution in [2.45, 2.75) is 31.5 Å². The van der Waals surface area contributed by atoms with Crippen LogP contribution in [0.3, 0.4) is 0 Å². The molecule has 10 nitrogen and oxygen atoms in total. The van der Waals surface area contributed by atoms with Crippen LogP contribution in [0, 0.1) is 0 Å². The monoisotopic (exact) mass is 461 g/mol. The van der Waals surface area contributed by atoms with Crippen molar-refractivity contribution in [3.8, 4) is 0 Å². The lowest BCUT2D eigenvalue weighted by Crippen LogP contribution is -2.26. The van der Waals surface area contributed by atoms with Gasteiger partial charge in [0.25, 0.3) is 11.5 Å². The third kappa shape index (κ3) is 4.60. The highest BCUT2D eigenvalue weighted by atomic mass is 16.6. The normalized spacial score (nSPS) is 20.0. The quantitative estimate of drug-likeness (QED) is 0.385. The molecule has 1 aliphatic heterocycles. The highest BCUT2D eigenvalue weighted by Gasteiger charge is 2.36. The van der Waals surface area contributed by atoms with Gasteiger partial charge in [-0.05, 0) is 17.7 Å². The Labute approximate surface area is 194 Å². The molecule has 1 saturated heterocycles. The van der Waals surface area contributed by atoms with E-state index in [1.807, 2.05) is 30.3 Å². The predicted molar refractivity (Wildman–Crippen MR) is 123 cm³/mol. The van der Waals surface area contributed by atoms with E-state index in [9.17, 15) is 14.7 Å². The first kappa shape index (κ1) is 22.0. The van der Waals surface area contributed by atoms with Gasteiger partial charge in [-0.3, -0.25) is 24.5 Å². The van der Waals surface area contributed by atoms with Gasteiger partial charge in [0.1, 0.15) is 12.3 Å². The van der Waals surface area contributed by atoms with E-state index in [1.165, 1.54) is 6.33 Å². The largest absolute Gasteiger partial charge is 0.390 e. The third-order valence-electron chi connectivity index (χ3n) is 5.61. The van der Waals surface area contributed by atoms with Crippen molar-refractivity contribution < 1.29 is 19.4 Å². The average Bonchev–Trinajstić information content (AvgIpc) is 3.44. The number of imidazole rings is 1. The minimum absolute atomic E-state index is 0.00519. The number of nitrogens with zero attached hydrogens (tertiary/aromatic N) is 3. The lowest BCUT2D eigenvalue weighted by atomic mass is 10.2. The number of fused-ring (bicyclic) bond motifs is 1. The van der Waals surface area contributed by atoms with Crippen LogP contribution in [0.15, 0.2) is 71.8 Å². The Kier molecular flexibility index (Phi) is 6.17. The summed E-state index contributed by atoms with van der Waals surface area (Å²) >= 11 is 0. The maximum Gasteiger partial charge on any atom is 0.280 e. The van der Waals surface area contributed by atoms with Crippen LogP contribution < -0.4 is 10.9 Å². The number of aliphatic hydroxyl groups is 1. The van der Waals surface area contributed by atoms with Gasteiger partial charge in [-0.25, -0.2) is 4.98 Å². The molecule has 2 aromatic carbocycles. The van der Waals surface area contributed by atoms with Gasteiger partial charge < -0.3 is 14.6 Å². The second kappa shape index (κ2) is 9.56. The van der Waals surface area contributed by atoms with E-state index in [4.69, 9.17) is 9.47 Å². The zero-order chi connectivity index (χ0) is 23.5. The summed E-state index contributed by atoms with van der Waals surface area (Å²) in [6.45, 7) is 0.624. The molecule has 34 heavy (non-hydrogen) atoms. The summed E-state index contributed by atoms with van der Waals surface area (Å²) in [6.07, 6.45) is -0.147. The third-order valence-corrected chi connectivity index (χ3v) is 5.61. The summed E-state index contributed by atoms with van der Waals surface area (Å²) in [5.74, 6) is -0.410. The summed E-state index contributed by atoms with van der Waals surface area (Å²) in [6, 6.07) is 18.3. The number of hydrogen-bond donors (Lipinski definition) is 3. The Hall–Kier alpha value is -3.86. The van der Waals surface area contributed by atoms with Crippen molar-refractivity contribution in [2.24, 2.45) is 0 Å². The summed E-state index contributed by atoms with van der Waals surface area (Å²) < 4.78 is 13.3. The molecule has 0 saturated carbocycles. The molecule has 3 N–H and O–H groups in total. The number of aromatic nitrogens is 4. The molecule has 0 unspecified atom stereocenters. The van der Waals surface area contributed by atoms with Crippen LogP contribution in [0.2, 0.25) is 0 Å². The topological polar surface area (TPSA) is 131 Å². The average molecular weight is 461 g/mol. The molecule has 10 heteroatoms. The standard InChI is InChI=1S/C24H23N5O5/c30-17-11-19(34-18(17)13-33-12-15-7-3-1-4-8-15)29-14-25-20-21(29)26-24(28-23(20)32)27-22(31)16-9-5-2-6-10-16/h1-10,14,17-19,30H,11-13H2,(H2,26,27,28,31,32)/t17-,18+,19+/m0/s1. The van der Waals surface area contributed by atoms with E-state index in [1.54, 1.807) is 34.9 Å². The van der Waals surface area contributed by atoms with Crippen LogP contribution in [0.1, 0.15) is 28.6 Å². The number of carbonyl (C=O) groups is 1. The van der Waals surface area contributed by atoms with Gasteiger partial charge in [0.2, 0.25) is 5.95 Å². The van der Waals surface area contributed by atoms with Crippen LogP contribution >= 0.6 is 0 Å². The fourth-order valence-corrected chi connectivity index (χ4v) is 3.87. The molecular weight excluding hydrogens is 438 g/mol. The lowest BCUT2D eigenvalue weighted by Gasteiger charge is -2.16. The molecule has 0 aliphatic carbocycles. The molecule has 0 radical (unpaired) electrons. The summed E-state index contributed by atoms with van der Waals surface area (Å²) in [4.78, 5) is 36.0. The maximum atomic E-state index is 12.5. The number of nitrogens with one attached hydrogen (secondary N) is 2. The molecule has 3 heterocycles. The van der Waals surface area contributed by atoms with E-state index in [-0.39, 0.29) is 30.1 Å². The Morgan fingerprint density at radius 3 is 2.68 bits per heavy atom. The first-order chi connectivity index (χ1) is 16.6. The van der Waals surface area contributed by atoms with Gasteiger partial charge in [-0.15, -0.1) is 0 Å². The van der Waals surface area contributed by atoms with Gasteiger partial charge >= 0.3 is 0 Å². The summed E-state index contributed by atoms with van der Waals surface area (Å²) in [5, 5.41) is 13.1. The lowest BCUT2D eigenvalue weighted by molar-refractivity contribution is -0.0646. The molecule has 1 amide bonds. The number of hydrogen-bond acceptors (Lipinski definition) is 7. The zero-order valence-corrected chi connectivity index (χ0v) is 18.1. The molecule has 5 rings (SSSR count). The number of benzene rings is 2. The van der Waals surface area contributed by atoms with E-state index in [0.717, 1.165) is 5.56 Å². The van der Waals surface area contributed by atoms with Crippen molar-refractivity contribution >= 4 is 23.0 Å². The Balaban J connectivity index is 1.30. The second-order valence-electron chi connectivity index (χ2n) is 7.99. The SMILES string of the molecule is O=C(Nc1nc2c(ncn2[C@H]2C[C@H](O)[C@@H](COCc3ccccc3)O2)c(=O)[nH]1)c1ccccc1. The predicted octanol–water partition coefficient (Wildman–Crippen LogP) is 2.24. The number of H-pyrrole nitrogens is 1. The van der Waals surface area contributed by atoms with E-state index < -0.39 is 29.9 Å². The van der Waals surface area contributed by atoms with Crippen molar-refractivity contribution in [1.82, 2.24) is 19.5 Å². The van der Waals surface area contributed by atoms with Gasteiger partial charge in [0.05, 0.1) is 25.6 Å². The number of amides is 1. The molecular formula is C24H23N5O5. The number of rotatable bonds is 7. The second-order valence-corrected chi connectivity index (χ2v) is 7.99. The Bertz CT molecular complexity index is 1340. The molecule has 174 valence electrons. The molecule has 1 aliphatic rings. The van der Waals surface area contributed by atoms with Crippen molar-refractivity contribution in [3.63, 3.8) is 0 Å². The minimum atomic E-state index is -0.752. The first-order valence-electron chi connectivity index (χ1n) is 10.9. The van der Waals surface area contributed by atoms with Crippen LogP contribution in [-0.4, -0.2) is 49.3 Å². The van der Waals surface area contributed by atoms with E-state index in [2.05, 4.69) is 20.3 Å². The van der Waals surface area contributed by atoms with E-state index >= 15 is 0 Å². The number of aromatic amines is 1. The highest BCUT2D eigenvalue weighted by Crippen LogP contribution is 2.30. The number of anilines is 1. The Morgan fingerprint density at radius 2 is 1.91 bits per heavy atom. The molecule has 1 fully saturated rings. The number of aliphatic hydroxyl groups excluding tert-OH is 1. The molecule has 0 spiro atoms. The van der Waals surface area contributed by atoms with Crippen LogP contribution in [0.25, 0.3) is 11.2 Å². The van der Waals surface area contributed by atoms with Gasteiger partial charge in [0.15, 0.2) is 11.2 Å². The first-order valence-corrected chi connectivity index (χ1v) is 10.9. The van der Waals surface area contributed by atoms with Crippen molar-refractivity contribution in [3.05, 3.63) is 88.5 Å². The summed E-state index contributed by atoms with van der Waals surface area (Å²) in [7, 11) is 0. The highest BCUT2D eigenvalue weighted by molar-refractivity contribution is 6.03. The van der Waals surface area contributed by atoms with Crippen molar-refractivity contribution in [1.29, 1.82) is 0 Å².